The van der Waals surface area contributed by atoms with Crippen LogP contribution in [-0.4, -0.2) is 73.2 Å². The summed E-state index contributed by atoms with van der Waals surface area (Å²) in [6.45, 7) is 7.04. The van der Waals surface area contributed by atoms with Crippen LogP contribution < -0.4 is 5.32 Å². The van der Waals surface area contributed by atoms with Crippen molar-refractivity contribution in [2.45, 2.75) is 57.2 Å². The second-order valence-electron chi connectivity index (χ2n) is 6.76. The van der Waals surface area contributed by atoms with E-state index in [0.717, 1.165) is 26.2 Å². The Morgan fingerprint density at radius 1 is 1.24 bits per heavy atom. The van der Waals surface area contributed by atoms with E-state index in [1.54, 1.807) is 0 Å². The Kier molecular flexibility index (Phi) is 5.14. The number of amides is 1. The fraction of sp³-hybridized carbons (Fsp3) is 0.938. The first-order valence-electron chi connectivity index (χ1n) is 8.61. The molecule has 1 N–H and O–H groups in total. The molecule has 0 spiro atoms. The number of piperidine rings is 1. The van der Waals surface area contributed by atoms with E-state index in [-0.39, 0.29) is 12.0 Å². The molecule has 0 bridgehead atoms. The highest BCUT2D eigenvalue weighted by Crippen LogP contribution is 2.24. The van der Waals surface area contributed by atoms with Crippen molar-refractivity contribution in [1.82, 2.24) is 15.1 Å². The van der Waals surface area contributed by atoms with Gasteiger partial charge in [-0.1, -0.05) is 6.42 Å². The highest BCUT2D eigenvalue weighted by molar-refractivity contribution is 5.78. The first kappa shape index (κ1) is 15.3. The van der Waals surface area contributed by atoms with Gasteiger partial charge in [0.05, 0.1) is 19.3 Å². The lowest BCUT2D eigenvalue weighted by Crippen LogP contribution is -2.55. The third-order valence-corrected chi connectivity index (χ3v) is 5.16. The molecule has 5 heteroatoms. The zero-order chi connectivity index (χ0) is 14.7. The molecule has 3 atom stereocenters. The lowest BCUT2D eigenvalue weighted by molar-refractivity contribution is -0.140. The number of morpholine rings is 1. The fourth-order valence-electron chi connectivity index (χ4n) is 4.03. The smallest absolute Gasteiger partial charge is 0.236 e. The Morgan fingerprint density at radius 3 is 2.90 bits per heavy atom. The standard InChI is InChI=1S/C16H29N3O2/c1-13-11-19(9-10-21-13)16(20)12-18-8-3-2-6-15(18)14-5-4-7-17-14/h13-15,17H,2-12H2,1H3. The normalized spacial score (nSPS) is 35.1. The summed E-state index contributed by atoms with van der Waals surface area (Å²) in [7, 11) is 0. The summed E-state index contributed by atoms with van der Waals surface area (Å²) in [5.74, 6) is 0.287. The molecule has 3 fully saturated rings. The van der Waals surface area contributed by atoms with E-state index in [9.17, 15) is 4.79 Å². The predicted molar refractivity (Wildman–Crippen MR) is 82.2 cm³/mol. The molecular weight excluding hydrogens is 266 g/mol. The molecule has 3 aliphatic heterocycles. The Hall–Kier alpha value is -0.650. The summed E-state index contributed by atoms with van der Waals surface area (Å²) in [6.07, 6.45) is 6.51. The van der Waals surface area contributed by atoms with Crippen molar-refractivity contribution in [1.29, 1.82) is 0 Å². The zero-order valence-electron chi connectivity index (χ0n) is 13.2. The molecule has 0 aromatic carbocycles. The van der Waals surface area contributed by atoms with Gasteiger partial charge in [-0.15, -0.1) is 0 Å². The summed E-state index contributed by atoms with van der Waals surface area (Å²) >= 11 is 0. The highest BCUT2D eigenvalue weighted by atomic mass is 16.5. The van der Waals surface area contributed by atoms with E-state index in [2.05, 4.69) is 10.2 Å². The van der Waals surface area contributed by atoms with Crippen LogP contribution in [0.1, 0.15) is 39.0 Å². The van der Waals surface area contributed by atoms with E-state index in [4.69, 9.17) is 4.74 Å². The van der Waals surface area contributed by atoms with E-state index in [1.165, 1.54) is 32.1 Å². The third kappa shape index (κ3) is 3.76. The van der Waals surface area contributed by atoms with Crippen LogP contribution in [-0.2, 0) is 9.53 Å². The number of ether oxygens (including phenoxy) is 1. The molecule has 1 amide bonds. The second kappa shape index (κ2) is 7.07. The number of likely N-dealkylation sites (tertiary alicyclic amines) is 1. The molecule has 3 rings (SSSR count). The van der Waals surface area contributed by atoms with Crippen LogP contribution >= 0.6 is 0 Å². The number of carbonyl (C=O) groups is 1. The second-order valence-corrected chi connectivity index (χ2v) is 6.76. The first-order valence-corrected chi connectivity index (χ1v) is 8.61. The Bertz CT molecular complexity index is 357. The molecule has 0 saturated carbocycles. The Morgan fingerprint density at radius 2 is 2.14 bits per heavy atom. The monoisotopic (exact) mass is 295 g/mol. The SMILES string of the molecule is CC1CN(C(=O)CN2CCCCC2C2CCCN2)CCO1. The molecule has 120 valence electrons. The Labute approximate surface area is 128 Å². The molecule has 0 aliphatic carbocycles. The van der Waals surface area contributed by atoms with Crippen molar-refractivity contribution in [3.63, 3.8) is 0 Å². The van der Waals surface area contributed by atoms with Gasteiger partial charge in [0.1, 0.15) is 0 Å². The van der Waals surface area contributed by atoms with Crippen LogP contribution in [0.3, 0.4) is 0 Å². The predicted octanol–water partition coefficient (Wildman–Crippen LogP) is 0.840. The molecule has 3 aliphatic rings. The molecule has 3 saturated heterocycles. The number of nitrogens with zero attached hydrogens (tertiary/aromatic N) is 2. The van der Waals surface area contributed by atoms with Gasteiger partial charge in [-0.3, -0.25) is 9.69 Å². The molecule has 3 heterocycles. The van der Waals surface area contributed by atoms with E-state index in [0.29, 0.717) is 25.2 Å². The van der Waals surface area contributed by atoms with Gasteiger partial charge in [0.15, 0.2) is 0 Å². The van der Waals surface area contributed by atoms with Crippen molar-refractivity contribution >= 4 is 5.91 Å². The molecule has 3 unspecified atom stereocenters. The molecule has 0 aromatic heterocycles. The van der Waals surface area contributed by atoms with Crippen molar-refractivity contribution in [2.75, 3.05) is 39.3 Å². The topological polar surface area (TPSA) is 44.8 Å². The number of nitrogens with one attached hydrogen (secondary N) is 1. The maximum atomic E-state index is 12.6. The van der Waals surface area contributed by atoms with Crippen molar-refractivity contribution in [2.24, 2.45) is 0 Å². The minimum absolute atomic E-state index is 0.177. The van der Waals surface area contributed by atoms with Crippen molar-refractivity contribution in [3.05, 3.63) is 0 Å². The summed E-state index contributed by atoms with van der Waals surface area (Å²) in [5, 5.41) is 3.63. The van der Waals surface area contributed by atoms with Crippen LogP contribution in [0.2, 0.25) is 0 Å². The maximum Gasteiger partial charge on any atom is 0.236 e. The van der Waals surface area contributed by atoms with Crippen molar-refractivity contribution in [3.8, 4) is 0 Å². The first-order chi connectivity index (χ1) is 10.2. The van der Waals surface area contributed by atoms with Crippen LogP contribution in [0.15, 0.2) is 0 Å². The van der Waals surface area contributed by atoms with Gasteiger partial charge >= 0.3 is 0 Å². The minimum atomic E-state index is 0.177. The zero-order valence-corrected chi connectivity index (χ0v) is 13.2. The largest absolute Gasteiger partial charge is 0.375 e. The van der Waals surface area contributed by atoms with Gasteiger partial charge in [0, 0.05) is 25.2 Å². The maximum absolute atomic E-state index is 12.6. The quantitative estimate of drug-likeness (QED) is 0.838. The van der Waals surface area contributed by atoms with E-state index in [1.807, 2.05) is 11.8 Å². The van der Waals surface area contributed by atoms with E-state index < -0.39 is 0 Å². The molecule has 5 nitrogen and oxygen atoms in total. The number of rotatable bonds is 3. The average Bonchev–Trinajstić information content (AvgIpc) is 3.02. The number of hydrogen-bond donors (Lipinski definition) is 1. The van der Waals surface area contributed by atoms with Gasteiger partial charge in [-0.2, -0.15) is 0 Å². The van der Waals surface area contributed by atoms with Gasteiger partial charge in [-0.05, 0) is 45.7 Å². The summed E-state index contributed by atoms with van der Waals surface area (Å²) in [4.78, 5) is 17.0. The molecule has 0 aromatic rings. The molecule has 0 radical (unpaired) electrons. The van der Waals surface area contributed by atoms with Gasteiger partial charge in [-0.25, -0.2) is 0 Å². The summed E-state index contributed by atoms with van der Waals surface area (Å²) < 4.78 is 5.53. The van der Waals surface area contributed by atoms with Crippen LogP contribution in [0, 0.1) is 0 Å². The minimum Gasteiger partial charge on any atom is -0.375 e. The number of hydrogen-bond acceptors (Lipinski definition) is 4. The van der Waals surface area contributed by atoms with Crippen LogP contribution in [0.25, 0.3) is 0 Å². The summed E-state index contributed by atoms with van der Waals surface area (Å²) in [6, 6.07) is 1.16. The fourth-order valence-corrected chi connectivity index (χ4v) is 4.03. The summed E-state index contributed by atoms with van der Waals surface area (Å²) in [5.41, 5.74) is 0. The highest BCUT2D eigenvalue weighted by Gasteiger charge is 2.33. The van der Waals surface area contributed by atoms with Crippen LogP contribution in [0.5, 0.6) is 0 Å². The van der Waals surface area contributed by atoms with Gasteiger partial charge in [0.2, 0.25) is 5.91 Å². The van der Waals surface area contributed by atoms with Crippen LogP contribution in [0.4, 0.5) is 0 Å². The number of carbonyl (C=O) groups excluding carboxylic acids is 1. The van der Waals surface area contributed by atoms with Crippen molar-refractivity contribution < 1.29 is 9.53 Å². The molecular formula is C16H29N3O2. The van der Waals surface area contributed by atoms with E-state index >= 15 is 0 Å². The Balaban J connectivity index is 1.57. The lowest BCUT2D eigenvalue weighted by Gasteiger charge is -2.40. The lowest BCUT2D eigenvalue weighted by atomic mass is 9.94. The molecule has 21 heavy (non-hydrogen) atoms. The third-order valence-electron chi connectivity index (χ3n) is 5.16. The van der Waals surface area contributed by atoms with Gasteiger partial charge < -0.3 is 15.0 Å². The average molecular weight is 295 g/mol. The van der Waals surface area contributed by atoms with Gasteiger partial charge in [0.25, 0.3) is 0 Å².